The third-order valence-corrected chi connectivity index (χ3v) is 1.94. The van der Waals surface area contributed by atoms with E-state index in [2.05, 4.69) is 4.85 Å². The molecule has 4 heteroatoms. The number of benzene rings is 1. The van der Waals surface area contributed by atoms with E-state index in [1.165, 1.54) is 0 Å². The predicted molar refractivity (Wildman–Crippen MR) is 45.3 cm³/mol. The van der Waals surface area contributed by atoms with Crippen molar-refractivity contribution in [2.45, 2.75) is 0 Å². The molecule has 0 saturated heterocycles. The lowest BCUT2D eigenvalue weighted by atomic mass is 10.3. The van der Waals surface area contributed by atoms with Crippen molar-refractivity contribution in [3.8, 4) is 0 Å². The molecule has 11 heavy (non-hydrogen) atoms. The Morgan fingerprint density at radius 2 is 1.91 bits per heavy atom. The van der Waals surface area contributed by atoms with Gasteiger partial charge in [-0.3, -0.25) is 0 Å². The van der Waals surface area contributed by atoms with E-state index in [9.17, 15) is 8.78 Å². The summed E-state index contributed by atoms with van der Waals surface area (Å²) in [6, 6.07) is 1.90. The van der Waals surface area contributed by atoms with Crippen molar-refractivity contribution in [1.29, 1.82) is 0 Å². The smallest absolute Gasteiger partial charge is 0.225 e. The lowest BCUT2D eigenvalue weighted by molar-refractivity contribution is 0.598. The van der Waals surface area contributed by atoms with Gasteiger partial charge in [0.25, 0.3) is 0 Å². The average Bonchev–Trinajstić information content (AvgIpc) is 1.97. The molecule has 0 radical (unpaired) electrons. The predicted octanol–water partition coefficient (Wildman–Crippen LogP) is 3.12. The molecule has 0 fully saturated rings. The minimum absolute atomic E-state index is 0.188. The van der Waals surface area contributed by atoms with Crippen molar-refractivity contribution in [2.75, 3.05) is 0 Å². The fourth-order valence-corrected chi connectivity index (χ4v) is 1.03. The highest BCUT2D eigenvalue weighted by molar-refractivity contribution is 14.1. The second-order valence-electron chi connectivity index (χ2n) is 1.83. The molecule has 0 N–H and O–H groups in total. The van der Waals surface area contributed by atoms with Gasteiger partial charge in [0.15, 0.2) is 0 Å². The summed E-state index contributed by atoms with van der Waals surface area (Å²) in [6.45, 7) is 6.47. The molecule has 1 aromatic carbocycles. The Labute approximate surface area is 76.0 Å². The van der Waals surface area contributed by atoms with Gasteiger partial charge in [-0.25, -0.2) is 13.6 Å². The van der Waals surface area contributed by atoms with Gasteiger partial charge in [0.05, 0.1) is 6.57 Å². The molecule has 0 amide bonds. The van der Waals surface area contributed by atoms with Gasteiger partial charge in [-0.2, -0.15) is 0 Å². The third kappa shape index (κ3) is 1.66. The maximum atomic E-state index is 12.6. The molecule has 1 nitrogen and oxygen atoms in total. The van der Waals surface area contributed by atoms with E-state index in [1.807, 2.05) is 0 Å². The van der Waals surface area contributed by atoms with E-state index in [0.717, 1.165) is 12.1 Å². The molecule has 0 aliphatic heterocycles. The Bertz CT molecular complexity index is 330. The quantitative estimate of drug-likeness (QED) is 0.385. The summed E-state index contributed by atoms with van der Waals surface area (Å²) in [4.78, 5) is 2.80. The molecular weight excluding hydrogens is 263 g/mol. The molecule has 0 aromatic heterocycles. The number of rotatable bonds is 0. The van der Waals surface area contributed by atoms with Gasteiger partial charge in [-0.15, -0.1) is 0 Å². The Kier molecular flexibility index (Phi) is 2.39. The number of hydrogen-bond donors (Lipinski definition) is 0. The van der Waals surface area contributed by atoms with E-state index in [4.69, 9.17) is 6.57 Å². The summed E-state index contributed by atoms with van der Waals surface area (Å²) in [6.07, 6.45) is 0. The maximum Gasteiger partial charge on any atom is 0.225 e. The van der Waals surface area contributed by atoms with Crippen LogP contribution in [-0.4, -0.2) is 0 Å². The molecule has 0 atom stereocenters. The van der Waals surface area contributed by atoms with E-state index < -0.39 is 11.6 Å². The van der Waals surface area contributed by atoms with Crippen molar-refractivity contribution >= 4 is 28.3 Å². The van der Waals surface area contributed by atoms with E-state index in [0.29, 0.717) is 0 Å². The summed E-state index contributed by atoms with van der Waals surface area (Å²) >= 11 is 1.67. The first-order valence-electron chi connectivity index (χ1n) is 2.67. The Hall–Kier alpha value is -0.700. The Morgan fingerprint density at radius 1 is 1.27 bits per heavy atom. The molecule has 0 spiro atoms. The van der Waals surface area contributed by atoms with Crippen LogP contribution in [-0.2, 0) is 0 Å². The molecule has 0 aliphatic rings. The number of hydrogen-bond acceptors (Lipinski definition) is 0. The van der Waals surface area contributed by atoms with Crippen LogP contribution in [0.3, 0.4) is 0 Å². The lowest BCUT2D eigenvalue weighted by Gasteiger charge is -1.95. The van der Waals surface area contributed by atoms with Crippen LogP contribution in [0.5, 0.6) is 0 Å². The molecule has 56 valence electrons. The maximum absolute atomic E-state index is 12.6. The first-order valence-corrected chi connectivity index (χ1v) is 3.75. The van der Waals surface area contributed by atoms with E-state index in [1.54, 1.807) is 22.6 Å². The van der Waals surface area contributed by atoms with Crippen LogP contribution in [0.2, 0.25) is 0 Å². The largest absolute Gasteiger partial charge is 0.235 e. The Morgan fingerprint density at radius 3 is 2.45 bits per heavy atom. The topological polar surface area (TPSA) is 4.36 Å². The fourth-order valence-electron chi connectivity index (χ4n) is 0.598. The highest BCUT2D eigenvalue weighted by Gasteiger charge is 2.06. The lowest BCUT2D eigenvalue weighted by Crippen LogP contribution is -1.83. The van der Waals surface area contributed by atoms with Crippen LogP contribution in [0, 0.1) is 21.8 Å². The molecule has 1 aromatic rings. The second kappa shape index (κ2) is 3.13. The zero-order valence-electron chi connectivity index (χ0n) is 5.24. The summed E-state index contributed by atoms with van der Waals surface area (Å²) < 4.78 is 25.5. The molecule has 0 bridgehead atoms. The first kappa shape index (κ1) is 8.40. The highest BCUT2D eigenvalue weighted by Crippen LogP contribution is 2.22. The van der Waals surface area contributed by atoms with Crippen molar-refractivity contribution in [3.63, 3.8) is 0 Å². The Balaban J connectivity index is 3.35. The number of halogens is 3. The fraction of sp³-hybridized carbons (Fsp3) is 0. The normalized spacial score (nSPS) is 9.27. The SMILES string of the molecule is [C-]#[N+]c1cc(F)c(I)cc1F. The molecule has 0 aliphatic carbocycles. The van der Waals surface area contributed by atoms with Gasteiger partial charge in [-0.1, -0.05) is 0 Å². The van der Waals surface area contributed by atoms with Crippen LogP contribution < -0.4 is 0 Å². The van der Waals surface area contributed by atoms with Crippen molar-refractivity contribution < 1.29 is 8.78 Å². The highest BCUT2D eigenvalue weighted by atomic mass is 127. The molecule has 1 rings (SSSR count). The van der Waals surface area contributed by atoms with Crippen molar-refractivity contribution in [3.05, 3.63) is 38.8 Å². The van der Waals surface area contributed by atoms with E-state index in [-0.39, 0.29) is 9.26 Å². The molecule has 0 heterocycles. The van der Waals surface area contributed by atoms with Crippen LogP contribution >= 0.6 is 22.6 Å². The zero-order chi connectivity index (χ0) is 8.43. The molecule has 0 unspecified atom stereocenters. The standard InChI is InChI=1S/C7H2F2IN/c1-11-7-3-4(8)6(10)2-5(7)9/h2-3H. The average molecular weight is 265 g/mol. The second-order valence-corrected chi connectivity index (χ2v) is 2.99. The number of nitrogens with zero attached hydrogens (tertiary/aromatic N) is 1. The summed E-state index contributed by atoms with van der Waals surface area (Å²) in [5.41, 5.74) is -0.275. The zero-order valence-corrected chi connectivity index (χ0v) is 7.39. The van der Waals surface area contributed by atoms with Gasteiger partial charge < -0.3 is 0 Å². The third-order valence-electron chi connectivity index (χ3n) is 1.11. The van der Waals surface area contributed by atoms with Gasteiger partial charge in [0, 0.05) is 3.57 Å². The van der Waals surface area contributed by atoms with E-state index >= 15 is 0 Å². The van der Waals surface area contributed by atoms with Gasteiger partial charge in [0.2, 0.25) is 5.69 Å². The molecular formula is C7H2F2IN. The summed E-state index contributed by atoms with van der Waals surface area (Å²) in [7, 11) is 0. The van der Waals surface area contributed by atoms with Crippen LogP contribution in [0.1, 0.15) is 0 Å². The summed E-state index contributed by atoms with van der Waals surface area (Å²) in [5.74, 6) is -1.23. The van der Waals surface area contributed by atoms with Crippen LogP contribution in [0.4, 0.5) is 14.5 Å². The minimum atomic E-state index is -0.675. The van der Waals surface area contributed by atoms with Gasteiger partial charge in [0.1, 0.15) is 11.6 Å². The van der Waals surface area contributed by atoms with Crippen molar-refractivity contribution in [2.24, 2.45) is 0 Å². The monoisotopic (exact) mass is 265 g/mol. The first-order chi connectivity index (χ1) is 5.15. The van der Waals surface area contributed by atoms with Crippen LogP contribution in [0.25, 0.3) is 4.85 Å². The van der Waals surface area contributed by atoms with Crippen molar-refractivity contribution in [1.82, 2.24) is 0 Å². The minimum Gasteiger partial charge on any atom is -0.235 e. The summed E-state index contributed by atoms with van der Waals surface area (Å²) in [5, 5.41) is 0. The van der Waals surface area contributed by atoms with Gasteiger partial charge >= 0.3 is 0 Å². The van der Waals surface area contributed by atoms with Gasteiger partial charge in [-0.05, 0) is 34.7 Å². The molecule has 0 saturated carbocycles. The van der Waals surface area contributed by atoms with Crippen LogP contribution in [0.15, 0.2) is 12.1 Å².